The number of aliphatic carboxylic acids is 1. The number of methoxy groups -OCH3 is 1. The van der Waals surface area contributed by atoms with Crippen molar-refractivity contribution in [3.8, 4) is 17.4 Å². The molecule has 0 amide bonds. The molecule has 13 heteroatoms. The van der Waals surface area contributed by atoms with Gasteiger partial charge in [-0.1, -0.05) is 23.7 Å². The molecule has 0 radical (unpaired) electrons. The zero-order chi connectivity index (χ0) is 29.0. The maximum absolute atomic E-state index is 13.7. The van der Waals surface area contributed by atoms with E-state index >= 15 is 0 Å². The highest BCUT2D eigenvalue weighted by molar-refractivity contribution is 6.30. The van der Waals surface area contributed by atoms with E-state index in [9.17, 15) is 23.9 Å². The second kappa shape index (κ2) is 11.6. The number of hydrogen-bond donors (Lipinski definition) is 2. The van der Waals surface area contributed by atoms with Crippen LogP contribution in [0.3, 0.4) is 0 Å². The minimum absolute atomic E-state index is 0.0236. The van der Waals surface area contributed by atoms with Crippen molar-refractivity contribution in [2.75, 3.05) is 12.4 Å². The molecule has 0 atom stereocenters. The zero-order valence-corrected chi connectivity index (χ0v) is 22.5. The number of hydrogen-bond acceptors (Lipinski definition) is 8. The van der Waals surface area contributed by atoms with Gasteiger partial charge in [0.2, 0.25) is 17.8 Å². The molecule has 0 unspecified atom stereocenters. The minimum Gasteiger partial charge on any atom is -0.481 e. The van der Waals surface area contributed by atoms with Gasteiger partial charge in [0.05, 0.1) is 19.1 Å². The lowest BCUT2D eigenvalue weighted by atomic mass is 9.94. The van der Waals surface area contributed by atoms with Crippen molar-refractivity contribution in [3.05, 3.63) is 98.2 Å². The molecule has 4 aromatic rings. The van der Waals surface area contributed by atoms with Crippen LogP contribution in [-0.2, 0) is 17.9 Å². The van der Waals surface area contributed by atoms with Gasteiger partial charge in [-0.25, -0.2) is 14.2 Å². The molecule has 40 heavy (non-hydrogen) atoms. The fourth-order valence-electron chi connectivity index (χ4n) is 3.62. The Balaban J connectivity index is 1.66. The average molecular weight is 570 g/mol. The molecule has 0 fully saturated rings. The van der Waals surface area contributed by atoms with Crippen LogP contribution in [-0.4, -0.2) is 37.3 Å². The summed E-state index contributed by atoms with van der Waals surface area (Å²) in [6.45, 7) is 2.48. The first-order chi connectivity index (χ1) is 18.9. The Labute approximate surface area is 232 Å². The van der Waals surface area contributed by atoms with Gasteiger partial charge in [-0.15, -0.1) is 0 Å². The van der Waals surface area contributed by atoms with Crippen molar-refractivity contribution in [2.24, 2.45) is 5.41 Å². The highest BCUT2D eigenvalue weighted by Crippen LogP contribution is 2.27. The van der Waals surface area contributed by atoms with E-state index in [1.807, 2.05) is 0 Å². The second-order valence-electron chi connectivity index (χ2n) is 9.41. The first-order valence-electron chi connectivity index (χ1n) is 11.9. The molecule has 4 rings (SSSR count). The summed E-state index contributed by atoms with van der Waals surface area (Å²) in [6.07, 6.45) is 0. The largest absolute Gasteiger partial charge is 0.481 e. The fourth-order valence-corrected chi connectivity index (χ4v) is 3.75. The van der Waals surface area contributed by atoms with Crippen molar-refractivity contribution < 1.29 is 23.8 Å². The van der Waals surface area contributed by atoms with Gasteiger partial charge in [-0.05, 0) is 55.8 Å². The van der Waals surface area contributed by atoms with Crippen LogP contribution < -0.4 is 26.2 Å². The van der Waals surface area contributed by atoms with E-state index in [0.717, 1.165) is 10.6 Å². The molecule has 0 saturated heterocycles. The number of pyridine rings is 1. The van der Waals surface area contributed by atoms with Crippen molar-refractivity contribution >= 4 is 29.2 Å². The van der Waals surface area contributed by atoms with E-state index in [2.05, 4.69) is 15.3 Å². The summed E-state index contributed by atoms with van der Waals surface area (Å²) in [6, 6.07) is 15.7. The minimum atomic E-state index is -1.39. The Hall–Kier alpha value is -4.71. The molecule has 11 nitrogen and oxygen atoms in total. The second-order valence-corrected chi connectivity index (χ2v) is 9.84. The van der Waals surface area contributed by atoms with Crippen LogP contribution in [0.2, 0.25) is 5.02 Å². The molecular formula is C27H25ClFN5O6. The molecule has 0 bridgehead atoms. The lowest BCUT2D eigenvalue weighted by Gasteiger charge is -2.21. The maximum atomic E-state index is 13.7. The number of nitrogens with one attached hydrogen (secondary N) is 1. The van der Waals surface area contributed by atoms with Crippen molar-refractivity contribution in [3.63, 3.8) is 0 Å². The third-order valence-electron chi connectivity index (χ3n) is 5.84. The monoisotopic (exact) mass is 569 g/mol. The lowest BCUT2D eigenvalue weighted by Crippen LogP contribution is -2.46. The molecule has 0 aliphatic heterocycles. The Kier molecular flexibility index (Phi) is 8.19. The number of ether oxygens (including phenoxy) is 2. The number of rotatable bonds is 10. The summed E-state index contributed by atoms with van der Waals surface area (Å²) in [5.74, 6) is -1.38. The number of benzene rings is 2. The van der Waals surface area contributed by atoms with Gasteiger partial charge in [0.15, 0.2) is 0 Å². The molecule has 0 spiro atoms. The summed E-state index contributed by atoms with van der Waals surface area (Å²) in [5.41, 5.74) is -1.87. The number of aromatic nitrogens is 4. The standard InChI is InChI=1S/C27H25ClFN5O6/c1-27(2,23(35)36)15-34-25(37)32-24(33(26(34)38)14-16-4-6-17(28)7-5-16)30-18-8-10-19(11-9-18)40-20-12-21(29)31-22(13-20)39-3/h4-13H,14-15H2,1-3H3,(H,35,36)(H,30,32,37). The Morgan fingerprint density at radius 2 is 1.70 bits per heavy atom. The van der Waals surface area contributed by atoms with Crippen molar-refractivity contribution in [1.29, 1.82) is 0 Å². The quantitative estimate of drug-likeness (QED) is 0.268. The summed E-state index contributed by atoms with van der Waals surface area (Å²) < 4.78 is 26.3. The third kappa shape index (κ3) is 6.64. The summed E-state index contributed by atoms with van der Waals surface area (Å²) >= 11 is 5.99. The van der Waals surface area contributed by atoms with Crippen molar-refractivity contribution in [1.82, 2.24) is 19.1 Å². The number of carboxylic acids is 1. The average Bonchev–Trinajstić information content (AvgIpc) is 2.90. The molecular weight excluding hydrogens is 545 g/mol. The Morgan fingerprint density at radius 3 is 2.33 bits per heavy atom. The number of carboxylic acid groups (broad SMARTS) is 1. The zero-order valence-electron chi connectivity index (χ0n) is 21.7. The van der Waals surface area contributed by atoms with E-state index in [0.29, 0.717) is 22.0 Å². The Morgan fingerprint density at radius 1 is 1.02 bits per heavy atom. The molecule has 0 saturated carbocycles. The van der Waals surface area contributed by atoms with Crippen LogP contribution in [0, 0.1) is 11.4 Å². The lowest BCUT2D eigenvalue weighted by molar-refractivity contribution is -0.147. The molecule has 2 N–H and O–H groups in total. The number of halogens is 2. The molecule has 0 aliphatic carbocycles. The van der Waals surface area contributed by atoms with Crippen LogP contribution >= 0.6 is 11.6 Å². The van der Waals surface area contributed by atoms with E-state index in [1.165, 1.54) is 31.6 Å². The fraction of sp³-hybridized carbons (Fsp3) is 0.222. The number of carbonyl (C=O) groups is 1. The van der Waals surface area contributed by atoms with Gasteiger partial charge in [-0.3, -0.25) is 9.36 Å². The van der Waals surface area contributed by atoms with Gasteiger partial charge in [0.25, 0.3) is 0 Å². The van der Waals surface area contributed by atoms with Crippen LogP contribution in [0.25, 0.3) is 0 Å². The Bertz CT molecular complexity index is 1650. The van der Waals surface area contributed by atoms with Gasteiger partial charge in [0.1, 0.15) is 11.5 Å². The molecule has 2 heterocycles. The molecule has 2 aromatic carbocycles. The van der Waals surface area contributed by atoms with Crippen LogP contribution in [0.15, 0.2) is 70.3 Å². The van der Waals surface area contributed by atoms with Crippen LogP contribution in [0.4, 0.5) is 16.0 Å². The topological polar surface area (TPSA) is 138 Å². The smallest absolute Gasteiger partial charge is 0.354 e. The van der Waals surface area contributed by atoms with Gasteiger partial charge >= 0.3 is 17.3 Å². The predicted octanol–water partition coefficient (Wildman–Crippen LogP) is 4.30. The SMILES string of the molecule is COc1cc(Oc2ccc(Nc3nc(=O)n(CC(C)(C)C(=O)O)c(=O)n3Cc3ccc(Cl)cc3)cc2)cc(F)n1. The molecule has 208 valence electrons. The molecule has 2 aromatic heterocycles. The summed E-state index contributed by atoms with van der Waals surface area (Å²) in [7, 11) is 1.36. The summed E-state index contributed by atoms with van der Waals surface area (Å²) in [4.78, 5) is 45.6. The van der Waals surface area contributed by atoms with Crippen LogP contribution in [0.1, 0.15) is 19.4 Å². The molecule has 0 aliphatic rings. The number of anilines is 2. The number of nitrogens with zero attached hydrogens (tertiary/aromatic N) is 4. The highest BCUT2D eigenvalue weighted by atomic mass is 35.5. The maximum Gasteiger partial charge on any atom is 0.354 e. The van der Waals surface area contributed by atoms with Gasteiger partial charge in [-0.2, -0.15) is 14.4 Å². The first kappa shape index (κ1) is 28.3. The summed E-state index contributed by atoms with van der Waals surface area (Å²) in [5, 5.41) is 13.0. The normalized spacial score (nSPS) is 11.2. The third-order valence-corrected chi connectivity index (χ3v) is 6.09. The van der Waals surface area contributed by atoms with E-state index in [1.54, 1.807) is 48.5 Å². The van der Waals surface area contributed by atoms with Gasteiger partial charge < -0.3 is 19.9 Å². The predicted molar refractivity (Wildman–Crippen MR) is 145 cm³/mol. The van der Waals surface area contributed by atoms with Gasteiger partial charge in [0, 0.05) is 29.4 Å². The van der Waals surface area contributed by atoms with E-state index < -0.39 is 28.7 Å². The van der Waals surface area contributed by atoms with E-state index in [4.69, 9.17) is 21.1 Å². The van der Waals surface area contributed by atoms with E-state index in [-0.39, 0.29) is 30.7 Å². The highest BCUT2D eigenvalue weighted by Gasteiger charge is 2.30. The first-order valence-corrected chi connectivity index (χ1v) is 12.3. The van der Waals surface area contributed by atoms with Crippen LogP contribution in [0.5, 0.6) is 17.4 Å². The van der Waals surface area contributed by atoms with Crippen molar-refractivity contribution in [2.45, 2.75) is 26.9 Å².